The number of Topliss-reactive ketones (excluding diaryl/α,β-unsaturated/α-hetero) is 1. The molecule has 1 aliphatic rings. The van der Waals surface area contributed by atoms with Crippen LogP contribution in [0.4, 0.5) is 5.69 Å². The zero-order valence-electron chi connectivity index (χ0n) is 11.4. The van der Waals surface area contributed by atoms with Crippen LogP contribution in [0, 0.1) is 0 Å². The summed E-state index contributed by atoms with van der Waals surface area (Å²) in [4.78, 5) is 22.9. The third-order valence-corrected chi connectivity index (χ3v) is 3.49. The standard InChI is InChI=1S/C14H16N6O/c15-13(16)20-14(17)18-7-4-5-8-9-2-1-3-11(21)12(9)19-10(8)6-7/h4-6,19H,1-3H2,(H6,15,16,17,18,20). The Bertz CT molecular complexity index is 782. The number of aromatic amines is 1. The molecule has 1 aliphatic carbocycles. The first-order chi connectivity index (χ1) is 10.0. The fraction of sp³-hybridized carbons (Fsp3) is 0.214. The number of hydrogen-bond donors (Lipinski definition) is 4. The number of H-pyrrole nitrogens is 1. The largest absolute Gasteiger partial charge is 0.370 e. The van der Waals surface area contributed by atoms with Crippen LogP contribution in [-0.2, 0) is 6.42 Å². The molecule has 108 valence electrons. The van der Waals surface area contributed by atoms with E-state index in [1.54, 1.807) is 0 Å². The van der Waals surface area contributed by atoms with E-state index < -0.39 is 0 Å². The van der Waals surface area contributed by atoms with Crippen molar-refractivity contribution >= 4 is 34.3 Å². The van der Waals surface area contributed by atoms with Crippen molar-refractivity contribution in [2.24, 2.45) is 27.2 Å². The maximum absolute atomic E-state index is 11.9. The summed E-state index contributed by atoms with van der Waals surface area (Å²) in [6.07, 6.45) is 2.41. The number of rotatable bonds is 1. The summed E-state index contributed by atoms with van der Waals surface area (Å²) in [5, 5.41) is 1.05. The molecule has 0 saturated carbocycles. The van der Waals surface area contributed by atoms with Gasteiger partial charge in [0.05, 0.1) is 11.4 Å². The van der Waals surface area contributed by atoms with E-state index in [1.807, 2.05) is 18.2 Å². The van der Waals surface area contributed by atoms with Crippen molar-refractivity contribution in [1.82, 2.24) is 4.98 Å². The Morgan fingerprint density at radius 2 is 2.00 bits per heavy atom. The van der Waals surface area contributed by atoms with Gasteiger partial charge < -0.3 is 22.2 Å². The molecule has 7 N–H and O–H groups in total. The minimum absolute atomic E-state index is 0.0123. The number of ketones is 1. The van der Waals surface area contributed by atoms with Gasteiger partial charge >= 0.3 is 0 Å². The zero-order valence-corrected chi connectivity index (χ0v) is 11.4. The first-order valence-electron chi connectivity index (χ1n) is 6.66. The van der Waals surface area contributed by atoms with Crippen molar-refractivity contribution in [1.29, 1.82) is 0 Å². The van der Waals surface area contributed by atoms with Gasteiger partial charge in [-0.1, -0.05) is 6.07 Å². The van der Waals surface area contributed by atoms with Crippen molar-refractivity contribution < 1.29 is 4.79 Å². The first-order valence-corrected chi connectivity index (χ1v) is 6.66. The Kier molecular flexibility index (Phi) is 3.09. The van der Waals surface area contributed by atoms with E-state index in [2.05, 4.69) is 15.0 Å². The molecule has 3 rings (SSSR count). The molecule has 0 aliphatic heterocycles. The van der Waals surface area contributed by atoms with Gasteiger partial charge in [0, 0.05) is 17.3 Å². The van der Waals surface area contributed by atoms with Crippen LogP contribution in [0.5, 0.6) is 0 Å². The highest BCUT2D eigenvalue weighted by Gasteiger charge is 2.21. The van der Waals surface area contributed by atoms with Crippen LogP contribution in [0.3, 0.4) is 0 Å². The van der Waals surface area contributed by atoms with E-state index in [1.165, 1.54) is 0 Å². The van der Waals surface area contributed by atoms with Gasteiger partial charge in [0.25, 0.3) is 0 Å². The molecule has 0 unspecified atom stereocenters. The number of nitrogens with one attached hydrogen (secondary N) is 1. The number of aliphatic imine (C=N–C) groups is 2. The molecule has 0 radical (unpaired) electrons. The van der Waals surface area contributed by atoms with Crippen molar-refractivity contribution in [3.63, 3.8) is 0 Å². The van der Waals surface area contributed by atoms with E-state index in [9.17, 15) is 4.79 Å². The maximum Gasteiger partial charge on any atom is 0.223 e. The highest BCUT2D eigenvalue weighted by atomic mass is 16.1. The lowest BCUT2D eigenvalue weighted by Crippen LogP contribution is -2.26. The Balaban J connectivity index is 2.06. The summed E-state index contributed by atoms with van der Waals surface area (Å²) in [5.41, 5.74) is 19.4. The van der Waals surface area contributed by atoms with Gasteiger partial charge in [-0.2, -0.15) is 4.99 Å². The molecule has 21 heavy (non-hydrogen) atoms. The Morgan fingerprint density at radius 1 is 1.19 bits per heavy atom. The van der Waals surface area contributed by atoms with Crippen LogP contribution >= 0.6 is 0 Å². The van der Waals surface area contributed by atoms with Gasteiger partial charge in [-0.3, -0.25) is 4.79 Å². The molecule has 1 aromatic carbocycles. The summed E-state index contributed by atoms with van der Waals surface area (Å²) < 4.78 is 0. The van der Waals surface area contributed by atoms with Gasteiger partial charge in [0.15, 0.2) is 11.7 Å². The van der Waals surface area contributed by atoms with E-state index in [0.29, 0.717) is 12.1 Å². The van der Waals surface area contributed by atoms with Gasteiger partial charge in [-0.25, -0.2) is 4.99 Å². The van der Waals surface area contributed by atoms with Crippen LogP contribution in [-0.4, -0.2) is 22.7 Å². The lowest BCUT2D eigenvalue weighted by atomic mass is 9.95. The van der Waals surface area contributed by atoms with E-state index in [0.717, 1.165) is 35.0 Å². The van der Waals surface area contributed by atoms with E-state index in [-0.39, 0.29) is 17.7 Å². The SMILES string of the molecule is NC(N)=NC(N)=Nc1ccc2c3c([nH]c2c1)C(=O)CCC3. The maximum atomic E-state index is 11.9. The molecule has 0 bridgehead atoms. The topological polar surface area (TPSA) is 136 Å². The number of carbonyl (C=O) groups is 1. The van der Waals surface area contributed by atoms with Gasteiger partial charge in [0.2, 0.25) is 5.96 Å². The van der Waals surface area contributed by atoms with Crippen LogP contribution in [0.1, 0.15) is 28.9 Å². The van der Waals surface area contributed by atoms with Gasteiger partial charge in [-0.05, 0) is 30.5 Å². The number of fused-ring (bicyclic) bond motifs is 3. The predicted octanol–water partition coefficient (Wildman–Crippen LogP) is 0.907. The second-order valence-electron chi connectivity index (χ2n) is 4.99. The number of guanidine groups is 2. The van der Waals surface area contributed by atoms with Gasteiger partial charge in [0.1, 0.15) is 0 Å². The fourth-order valence-electron chi connectivity index (χ4n) is 2.65. The average molecular weight is 284 g/mol. The lowest BCUT2D eigenvalue weighted by Gasteiger charge is -2.09. The highest BCUT2D eigenvalue weighted by molar-refractivity contribution is 6.04. The van der Waals surface area contributed by atoms with Crippen molar-refractivity contribution in [3.8, 4) is 0 Å². The van der Waals surface area contributed by atoms with E-state index in [4.69, 9.17) is 17.2 Å². The van der Waals surface area contributed by atoms with Gasteiger partial charge in [-0.15, -0.1) is 0 Å². The Morgan fingerprint density at radius 3 is 2.76 bits per heavy atom. The third kappa shape index (κ3) is 2.45. The average Bonchev–Trinajstić information content (AvgIpc) is 2.77. The van der Waals surface area contributed by atoms with E-state index >= 15 is 0 Å². The fourth-order valence-corrected chi connectivity index (χ4v) is 2.65. The number of hydrogen-bond acceptors (Lipinski definition) is 2. The number of aromatic nitrogens is 1. The molecule has 1 heterocycles. The molecule has 0 saturated heterocycles. The first kappa shape index (κ1) is 13.2. The van der Waals surface area contributed by atoms with Crippen LogP contribution in [0.2, 0.25) is 0 Å². The summed E-state index contributed by atoms with van der Waals surface area (Å²) in [6.45, 7) is 0. The second-order valence-corrected chi connectivity index (χ2v) is 4.99. The molecule has 1 aromatic heterocycles. The normalized spacial score (nSPS) is 15.0. The monoisotopic (exact) mass is 284 g/mol. The molecule has 2 aromatic rings. The van der Waals surface area contributed by atoms with Crippen LogP contribution in [0.25, 0.3) is 10.9 Å². The van der Waals surface area contributed by atoms with Crippen molar-refractivity contribution in [2.45, 2.75) is 19.3 Å². The smallest absolute Gasteiger partial charge is 0.223 e. The number of nitrogens with zero attached hydrogens (tertiary/aromatic N) is 2. The number of benzene rings is 1. The lowest BCUT2D eigenvalue weighted by molar-refractivity contribution is 0.0968. The number of carbonyl (C=O) groups excluding carboxylic acids is 1. The highest BCUT2D eigenvalue weighted by Crippen LogP contribution is 2.31. The van der Waals surface area contributed by atoms with Crippen molar-refractivity contribution in [2.75, 3.05) is 0 Å². The van der Waals surface area contributed by atoms with Crippen LogP contribution < -0.4 is 17.2 Å². The number of aryl methyl sites for hydroxylation is 1. The summed E-state index contributed by atoms with van der Waals surface area (Å²) in [7, 11) is 0. The zero-order chi connectivity index (χ0) is 15.0. The summed E-state index contributed by atoms with van der Waals surface area (Å²) in [5.74, 6) is 0.0116. The van der Waals surface area contributed by atoms with Crippen LogP contribution in [0.15, 0.2) is 28.2 Å². The molecule has 7 heteroatoms. The number of nitrogens with two attached hydrogens (primary N) is 3. The molecule has 0 spiro atoms. The molecule has 7 nitrogen and oxygen atoms in total. The quantitative estimate of drug-likeness (QED) is 0.457. The summed E-state index contributed by atoms with van der Waals surface area (Å²) in [6, 6.07) is 5.59. The second kappa shape index (κ2) is 4.93. The molecular formula is C14H16N6O. The molecular weight excluding hydrogens is 268 g/mol. The molecule has 0 amide bonds. The minimum atomic E-state index is -0.140. The molecule has 0 fully saturated rings. The Hall–Kier alpha value is -2.83. The predicted molar refractivity (Wildman–Crippen MR) is 82.7 cm³/mol. The third-order valence-electron chi connectivity index (χ3n) is 3.49. The minimum Gasteiger partial charge on any atom is -0.370 e. The summed E-state index contributed by atoms with van der Waals surface area (Å²) >= 11 is 0. The molecule has 0 atom stereocenters. The van der Waals surface area contributed by atoms with Crippen molar-refractivity contribution in [3.05, 3.63) is 29.5 Å². The Labute approximate surface area is 120 Å².